The van der Waals surface area contributed by atoms with Gasteiger partial charge in [0, 0.05) is 24.6 Å². The smallest absolute Gasteiger partial charge is 0.293 e. The van der Waals surface area contributed by atoms with Crippen LogP contribution in [0.3, 0.4) is 0 Å². The second kappa shape index (κ2) is 6.36. The third kappa shape index (κ3) is 3.10. The maximum atomic E-state index is 12.6. The van der Waals surface area contributed by atoms with E-state index in [2.05, 4.69) is 10.1 Å². The van der Waals surface area contributed by atoms with E-state index in [1.165, 1.54) is 4.90 Å². The van der Waals surface area contributed by atoms with Crippen LogP contribution in [0.5, 0.6) is 0 Å². The Balaban J connectivity index is 1.42. The van der Waals surface area contributed by atoms with Crippen molar-refractivity contribution in [2.24, 2.45) is 0 Å². The van der Waals surface area contributed by atoms with Crippen molar-refractivity contribution >= 4 is 17.6 Å². The van der Waals surface area contributed by atoms with E-state index in [9.17, 15) is 4.79 Å². The van der Waals surface area contributed by atoms with Crippen LogP contribution in [0.25, 0.3) is 0 Å². The van der Waals surface area contributed by atoms with Crippen LogP contribution >= 0.6 is 0 Å². The van der Waals surface area contributed by atoms with E-state index in [0.717, 1.165) is 18.4 Å². The minimum Gasteiger partial charge on any atom is -0.331 e. The topological polar surface area (TPSA) is 110 Å². The average Bonchev–Trinajstić information content (AvgIpc) is 3.38. The minimum atomic E-state index is -0.102. The number of hydrogen-bond acceptors (Lipinski definition) is 6. The van der Waals surface area contributed by atoms with Crippen molar-refractivity contribution in [1.82, 2.24) is 19.9 Å². The molecular formula is C18H20N6O2. The normalized spacial score (nSPS) is 17.5. The summed E-state index contributed by atoms with van der Waals surface area (Å²) in [6.07, 6.45) is 2.11. The van der Waals surface area contributed by atoms with Crippen molar-refractivity contribution in [2.75, 3.05) is 19.6 Å². The molecule has 0 unspecified atom stereocenters. The third-order valence-corrected chi connectivity index (χ3v) is 4.70. The van der Waals surface area contributed by atoms with Crippen LogP contribution in [-0.2, 0) is 0 Å². The van der Waals surface area contributed by atoms with Crippen molar-refractivity contribution in [3.63, 3.8) is 0 Å². The standard InChI is InChI=1S/C18H20N6O2/c1-11-2-4-13(5-3-11)18(25)23-8-9-24(14(19)10-23)15(20)17-21-16(22-26-17)12-6-7-12/h2-5,12,19-20H,6-10H2,1H3. The first kappa shape index (κ1) is 16.4. The van der Waals surface area contributed by atoms with Gasteiger partial charge in [-0.3, -0.25) is 15.6 Å². The molecule has 4 rings (SSSR count). The van der Waals surface area contributed by atoms with E-state index < -0.39 is 0 Å². The van der Waals surface area contributed by atoms with Crippen molar-refractivity contribution in [3.8, 4) is 0 Å². The number of aryl methyl sites for hydroxylation is 1. The second-order valence-electron chi connectivity index (χ2n) is 6.77. The summed E-state index contributed by atoms with van der Waals surface area (Å²) in [6, 6.07) is 7.40. The minimum absolute atomic E-state index is 0.0248. The van der Waals surface area contributed by atoms with E-state index in [1.807, 2.05) is 19.1 Å². The Morgan fingerprint density at radius 2 is 1.96 bits per heavy atom. The summed E-state index contributed by atoms with van der Waals surface area (Å²) in [4.78, 5) is 20.0. The first-order chi connectivity index (χ1) is 12.5. The molecule has 0 atom stereocenters. The molecule has 2 fully saturated rings. The molecule has 8 nitrogen and oxygen atoms in total. The number of amides is 1. The Hall–Kier alpha value is -3.03. The summed E-state index contributed by atoms with van der Waals surface area (Å²) in [7, 11) is 0. The number of hydrogen-bond donors (Lipinski definition) is 2. The van der Waals surface area contributed by atoms with Crippen LogP contribution in [0, 0.1) is 17.7 Å². The molecule has 2 aromatic rings. The first-order valence-electron chi connectivity index (χ1n) is 8.66. The number of carbonyl (C=O) groups excluding carboxylic acids is 1. The van der Waals surface area contributed by atoms with Gasteiger partial charge in [0.15, 0.2) is 11.7 Å². The highest BCUT2D eigenvalue weighted by Gasteiger charge is 2.33. The molecule has 134 valence electrons. The lowest BCUT2D eigenvalue weighted by Gasteiger charge is -2.35. The molecule has 0 radical (unpaired) electrons. The highest BCUT2D eigenvalue weighted by molar-refractivity contribution is 6.07. The number of rotatable bonds is 3. The van der Waals surface area contributed by atoms with Crippen LogP contribution in [0.2, 0.25) is 0 Å². The fraction of sp³-hybridized carbons (Fsp3) is 0.389. The lowest BCUT2D eigenvalue weighted by atomic mass is 10.1. The maximum Gasteiger partial charge on any atom is 0.293 e. The van der Waals surface area contributed by atoms with Gasteiger partial charge >= 0.3 is 0 Å². The van der Waals surface area contributed by atoms with Gasteiger partial charge in [-0.1, -0.05) is 22.9 Å². The number of piperazine rings is 1. The quantitative estimate of drug-likeness (QED) is 0.648. The Morgan fingerprint density at radius 3 is 2.62 bits per heavy atom. The monoisotopic (exact) mass is 352 g/mol. The SMILES string of the molecule is Cc1ccc(C(=O)N2CCN(C(=N)c3nc(C4CC4)no3)C(=N)C2)cc1. The summed E-state index contributed by atoms with van der Waals surface area (Å²) < 4.78 is 5.18. The number of amidine groups is 2. The van der Waals surface area contributed by atoms with Gasteiger partial charge in [-0.05, 0) is 31.9 Å². The van der Waals surface area contributed by atoms with Crippen molar-refractivity contribution in [2.45, 2.75) is 25.7 Å². The number of carbonyl (C=O) groups is 1. The summed E-state index contributed by atoms with van der Waals surface area (Å²) in [6.45, 7) is 2.91. The van der Waals surface area contributed by atoms with Crippen molar-refractivity contribution in [3.05, 3.63) is 47.1 Å². The number of nitrogens with zero attached hydrogens (tertiary/aromatic N) is 4. The highest BCUT2D eigenvalue weighted by atomic mass is 16.5. The summed E-state index contributed by atoms with van der Waals surface area (Å²) >= 11 is 0. The zero-order valence-electron chi connectivity index (χ0n) is 14.5. The van der Waals surface area contributed by atoms with Crippen molar-refractivity contribution < 1.29 is 9.32 Å². The molecule has 8 heteroatoms. The molecule has 1 aliphatic heterocycles. The lowest BCUT2D eigenvalue weighted by Crippen LogP contribution is -2.54. The zero-order valence-corrected chi connectivity index (χ0v) is 14.5. The van der Waals surface area contributed by atoms with Crippen molar-refractivity contribution in [1.29, 1.82) is 10.8 Å². The van der Waals surface area contributed by atoms with Crippen LogP contribution in [0.4, 0.5) is 0 Å². The highest BCUT2D eigenvalue weighted by Crippen LogP contribution is 2.38. The molecule has 2 N–H and O–H groups in total. The lowest BCUT2D eigenvalue weighted by molar-refractivity contribution is 0.0757. The van der Waals surface area contributed by atoms with E-state index in [1.54, 1.807) is 17.0 Å². The van der Waals surface area contributed by atoms with Gasteiger partial charge in [0.05, 0.1) is 6.54 Å². The second-order valence-corrected chi connectivity index (χ2v) is 6.77. The molecule has 1 aromatic heterocycles. The maximum absolute atomic E-state index is 12.6. The number of nitrogens with one attached hydrogen (secondary N) is 2. The van der Waals surface area contributed by atoms with Gasteiger partial charge in [-0.25, -0.2) is 0 Å². The van der Waals surface area contributed by atoms with Crippen LogP contribution in [0.1, 0.15) is 46.4 Å². The molecular weight excluding hydrogens is 332 g/mol. The van der Waals surface area contributed by atoms with Gasteiger partial charge in [0.2, 0.25) is 0 Å². The van der Waals surface area contributed by atoms with Gasteiger partial charge in [-0.2, -0.15) is 4.98 Å². The summed E-state index contributed by atoms with van der Waals surface area (Å²) in [5.74, 6) is 1.22. The molecule has 2 aliphatic rings. The summed E-state index contributed by atoms with van der Waals surface area (Å²) in [5, 5.41) is 20.4. The molecule has 1 saturated heterocycles. The van der Waals surface area contributed by atoms with E-state index in [4.69, 9.17) is 15.3 Å². The molecule has 1 aromatic carbocycles. The Bertz CT molecular complexity index is 868. The Morgan fingerprint density at radius 1 is 1.23 bits per heavy atom. The Kier molecular flexibility index (Phi) is 4.02. The summed E-state index contributed by atoms with van der Waals surface area (Å²) in [5.41, 5.74) is 1.70. The fourth-order valence-electron chi connectivity index (χ4n) is 2.95. The molecule has 2 heterocycles. The molecule has 1 saturated carbocycles. The average molecular weight is 352 g/mol. The van der Waals surface area contributed by atoms with Crippen LogP contribution < -0.4 is 0 Å². The van der Waals surface area contributed by atoms with Crippen LogP contribution in [-0.4, -0.2) is 57.2 Å². The molecule has 1 aliphatic carbocycles. The molecule has 26 heavy (non-hydrogen) atoms. The molecule has 0 bridgehead atoms. The first-order valence-corrected chi connectivity index (χ1v) is 8.66. The predicted molar refractivity (Wildman–Crippen MR) is 94.6 cm³/mol. The predicted octanol–water partition coefficient (Wildman–Crippen LogP) is 2.02. The van der Waals surface area contributed by atoms with Gasteiger partial charge in [0.1, 0.15) is 5.84 Å². The fourth-order valence-corrected chi connectivity index (χ4v) is 2.95. The van der Waals surface area contributed by atoms with E-state index in [0.29, 0.717) is 30.4 Å². The van der Waals surface area contributed by atoms with E-state index >= 15 is 0 Å². The zero-order chi connectivity index (χ0) is 18.3. The van der Waals surface area contributed by atoms with E-state index in [-0.39, 0.29) is 30.0 Å². The molecule has 0 spiro atoms. The third-order valence-electron chi connectivity index (χ3n) is 4.70. The Labute approximate surface area is 150 Å². The number of aromatic nitrogens is 2. The van der Waals surface area contributed by atoms with Crippen LogP contribution in [0.15, 0.2) is 28.8 Å². The molecule has 1 amide bonds. The number of benzene rings is 1. The van der Waals surface area contributed by atoms with Gasteiger partial charge in [0.25, 0.3) is 11.8 Å². The van der Waals surface area contributed by atoms with Gasteiger partial charge < -0.3 is 14.3 Å². The van der Waals surface area contributed by atoms with Gasteiger partial charge in [-0.15, -0.1) is 0 Å². The largest absolute Gasteiger partial charge is 0.331 e.